The third-order valence-electron chi connectivity index (χ3n) is 8.94. The number of ether oxygens (including phenoxy) is 6. The molecule has 0 bridgehead atoms. The van der Waals surface area contributed by atoms with Gasteiger partial charge in [0.05, 0.1) is 54.9 Å². The normalized spacial score (nSPS) is 45.4. The van der Waals surface area contributed by atoms with Gasteiger partial charge in [0.25, 0.3) is 0 Å². The number of hydrogen-bond donors (Lipinski definition) is 0. The Hall–Kier alpha value is -1.71. The van der Waals surface area contributed by atoms with Crippen molar-refractivity contribution in [2.24, 2.45) is 17.8 Å². The molecule has 0 N–H and O–H groups in total. The average molecular weight is 507 g/mol. The molecule has 36 heavy (non-hydrogen) atoms. The van der Waals surface area contributed by atoms with Crippen LogP contribution < -0.4 is 0 Å². The summed E-state index contributed by atoms with van der Waals surface area (Å²) < 4.78 is 34.5. The Bertz CT molecular complexity index is 802. The molecule has 0 aromatic rings. The van der Waals surface area contributed by atoms with Gasteiger partial charge in [-0.2, -0.15) is 0 Å². The summed E-state index contributed by atoms with van der Waals surface area (Å²) in [6.45, 7) is 2.37. The van der Waals surface area contributed by atoms with E-state index in [4.69, 9.17) is 28.4 Å². The molecule has 9 nitrogen and oxygen atoms in total. The lowest BCUT2D eigenvalue weighted by Crippen LogP contribution is -2.43. The van der Waals surface area contributed by atoms with E-state index in [1.165, 1.54) is 0 Å². The minimum Gasteiger partial charge on any atom is -0.462 e. The van der Waals surface area contributed by atoms with E-state index in [2.05, 4.69) is 0 Å². The summed E-state index contributed by atoms with van der Waals surface area (Å²) in [4.78, 5) is 38.7. The molecule has 9 heteroatoms. The van der Waals surface area contributed by atoms with Crippen molar-refractivity contribution in [2.75, 3.05) is 6.61 Å². The van der Waals surface area contributed by atoms with Crippen LogP contribution in [-0.2, 0) is 42.8 Å². The molecule has 0 aromatic carbocycles. The van der Waals surface area contributed by atoms with E-state index in [0.29, 0.717) is 50.9 Å². The summed E-state index contributed by atoms with van der Waals surface area (Å²) in [6, 6.07) is 0. The Labute approximate surface area is 211 Å². The average Bonchev–Trinajstić information content (AvgIpc) is 3.78. The SMILES string of the molecule is CC1CCC(C(=O)OC2CC(OC(=O)C3CCC4OC4C3)CC(OC(=O)C3CCC4OC4C3)C2)CO1. The zero-order chi connectivity index (χ0) is 24.8. The van der Waals surface area contributed by atoms with Crippen LogP contribution >= 0.6 is 0 Å². The zero-order valence-corrected chi connectivity index (χ0v) is 21.0. The van der Waals surface area contributed by atoms with Gasteiger partial charge in [0.15, 0.2) is 0 Å². The Morgan fingerprint density at radius 2 is 1.00 bits per heavy atom. The second-order valence-electron chi connectivity index (χ2n) is 11.7. The molecule has 0 spiro atoms. The van der Waals surface area contributed by atoms with Crippen molar-refractivity contribution < 1.29 is 42.8 Å². The van der Waals surface area contributed by atoms with Crippen molar-refractivity contribution in [3.63, 3.8) is 0 Å². The van der Waals surface area contributed by atoms with E-state index in [0.717, 1.165) is 38.5 Å². The predicted molar refractivity (Wildman–Crippen MR) is 124 cm³/mol. The summed E-state index contributed by atoms with van der Waals surface area (Å²) in [5.41, 5.74) is 0. The Morgan fingerprint density at radius 1 is 0.556 bits per heavy atom. The molecule has 6 rings (SSSR count). The van der Waals surface area contributed by atoms with Crippen LogP contribution in [0.15, 0.2) is 0 Å². The summed E-state index contributed by atoms with van der Waals surface area (Å²) in [6.07, 6.45) is 7.39. The highest BCUT2D eigenvalue weighted by Gasteiger charge is 2.48. The molecule has 0 aromatic heterocycles. The second-order valence-corrected chi connectivity index (χ2v) is 11.7. The van der Waals surface area contributed by atoms with Crippen LogP contribution in [0.25, 0.3) is 0 Å². The van der Waals surface area contributed by atoms with Crippen molar-refractivity contribution in [2.45, 2.75) is 126 Å². The van der Waals surface area contributed by atoms with E-state index < -0.39 is 18.3 Å². The van der Waals surface area contributed by atoms with Crippen LogP contribution in [0, 0.1) is 17.8 Å². The van der Waals surface area contributed by atoms with Crippen LogP contribution in [0.1, 0.15) is 77.6 Å². The first-order chi connectivity index (χ1) is 17.4. The number of hydrogen-bond acceptors (Lipinski definition) is 9. The number of rotatable bonds is 6. The fourth-order valence-electron chi connectivity index (χ4n) is 6.54. The van der Waals surface area contributed by atoms with Gasteiger partial charge in [-0.25, -0.2) is 0 Å². The van der Waals surface area contributed by atoms with Gasteiger partial charge < -0.3 is 28.4 Å². The van der Waals surface area contributed by atoms with Gasteiger partial charge in [0.2, 0.25) is 0 Å². The van der Waals surface area contributed by atoms with Crippen LogP contribution in [0.5, 0.6) is 0 Å². The molecule has 6 aliphatic rings. The number of epoxide rings is 2. The Kier molecular flexibility index (Phi) is 6.99. The van der Waals surface area contributed by atoms with Gasteiger partial charge in [-0.1, -0.05) is 0 Å². The number of carbonyl (C=O) groups is 3. The zero-order valence-electron chi connectivity index (χ0n) is 21.0. The number of fused-ring (bicyclic) bond motifs is 2. The van der Waals surface area contributed by atoms with Crippen LogP contribution in [0.3, 0.4) is 0 Å². The van der Waals surface area contributed by atoms with Crippen LogP contribution in [0.2, 0.25) is 0 Å². The first kappa shape index (κ1) is 24.6. The molecule has 10 unspecified atom stereocenters. The molecule has 3 saturated heterocycles. The summed E-state index contributed by atoms with van der Waals surface area (Å²) in [7, 11) is 0. The maximum atomic E-state index is 12.9. The fourth-order valence-corrected chi connectivity index (χ4v) is 6.54. The lowest BCUT2D eigenvalue weighted by molar-refractivity contribution is -0.177. The third kappa shape index (κ3) is 5.73. The Morgan fingerprint density at radius 3 is 1.42 bits per heavy atom. The third-order valence-corrected chi connectivity index (χ3v) is 8.94. The number of esters is 3. The molecule has 6 fully saturated rings. The van der Waals surface area contributed by atoms with Gasteiger partial charge in [-0.05, 0) is 58.3 Å². The van der Waals surface area contributed by atoms with Gasteiger partial charge in [-0.3, -0.25) is 14.4 Å². The lowest BCUT2D eigenvalue weighted by atomic mass is 9.88. The van der Waals surface area contributed by atoms with Crippen LogP contribution in [-0.4, -0.2) is 73.3 Å². The molecule has 0 amide bonds. The maximum Gasteiger partial charge on any atom is 0.311 e. The van der Waals surface area contributed by atoms with Gasteiger partial charge in [0, 0.05) is 19.3 Å². The highest BCUT2D eigenvalue weighted by Crippen LogP contribution is 2.42. The molecule has 3 aliphatic carbocycles. The molecular formula is C27H38O9. The van der Waals surface area contributed by atoms with E-state index in [9.17, 15) is 14.4 Å². The molecule has 10 atom stereocenters. The molecule has 3 aliphatic heterocycles. The van der Waals surface area contributed by atoms with Gasteiger partial charge >= 0.3 is 17.9 Å². The first-order valence-electron chi connectivity index (χ1n) is 13.9. The summed E-state index contributed by atoms with van der Waals surface area (Å²) in [5, 5.41) is 0. The van der Waals surface area contributed by atoms with E-state index >= 15 is 0 Å². The Balaban J connectivity index is 1.07. The van der Waals surface area contributed by atoms with Gasteiger partial charge in [-0.15, -0.1) is 0 Å². The second kappa shape index (κ2) is 10.2. The highest BCUT2D eigenvalue weighted by molar-refractivity contribution is 5.74. The van der Waals surface area contributed by atoms with E-state index in [1.54, 1.807) is 0 Å². The van der Waals surface area contributed by atoms with E-state index in [-0.39, 0.29) is 54.0 Å². The first-order valence-corrected chi connectivity index (χ1v) is 13.9. The molecule has 3 saturated carbocycles. The molecular weight excluding hydrogens is 468 g/mol. The van der Waals surface area contributed by atoms with Crippen molar-refractivity contribution in [1.29, 1.82) is 0 Å². The van der Waals surface area contributed by atoms with Crippen molar-refractivity contribution in [1.82, 2.24) is 0 Å². The quantitative estimate of drug-likeness (QED) is 0.305. The predicted octanol–water partition coefficient (Wildman–Crippen LogP) is 2.86. The van der Waals surface area contributed by atoms with Crippen molar-refractivity contribution in [3.8, 4) is 0 Å². The highest BCUT2D eigenvalue weighted by atomic mass is 16.6. The van der Waals surface area contributed by atoms with Crippen molar-refractivity contribution in [3.05, 3.63) is 0 Å². The maximum absolute atomic E-state index is 12.9. The fraction of sp³-hybridized carbons (Fsp3) is 0.889. The standard InChI is InChI=1S/C27H38O9/c1-14-2-3-17(13-31-14)27(30)34-20-11-18(32-25(28)15-4-6-21-23(8-15)35-21)10-19(12-20)33-26(29)16-5-7-22-24(9-16)36-22/h14-24H,2-13H2,1H3. The summed E-state index contributed by atoms with van der Waals surface area (Å²) in [5.74, 6) is -1.32. The summed E-state index contributed by atoms with van der Waals surface area (Å²) >= 11 is 0. The van der Waals surface area contributed by atoms with Crippen molar-refractivity contribution >= 4 is 17.9 Å². The smallest absolute Gasteiger partial charge is 0.311 e. The molecule has 3 heterocycles. The monoisotopic (exact) mass is 506 g/mol. The van der Waals surface area contributed by atoms with E-state index in [1.807, 2.05) is 6.92 Å². The topological polar surface area (TPSA) is 113 Å². The molecule has 200 valence electrons. The minimum atomic E-state index is -0.466. The lowest BCUT2D eigenvalue weighted by Gasteiger charge is -2.36. The largest absolute Gasteiger partial charge is 0.462 e. The minimum absolute atomic E-state index is 0.156. The number of carbonyl (C=O) groups excluding carboxylic acids is 3. The van der Waals surface area contributed by atoms with Gasteiger partial charge in [0.1, 0.15) is 18.3 Å². The van der Waals surface area contributed by atoms with Crippen LogP contribution in [0.4, 0.5) is 0 Å². The molecule has 0 radical (unpaired) electrons.